The summed E-state index contributed by atoms with van der Waals surface area (Å²) in [5.41, 5.74) is 0.761. The Morgan fingerprint density at radius 1 is 1.19 bits per heavy atom. The van der Waals surface area contributed by atoms with Gasteiger partial charge in [0.05, 0.1) is 17.2 Å². The predicted octanol–water partition coefficient (Wildman–Crippen LogP) is 3.92. The Kier molecular flexibility index (Phi) is 4.20. The smallest absolute Gasteiger partial charge is 0.416 e. The molecule has 5 nitrogen and oxygen atoms in total. The van der Waals surface area contributed by atoms with E-state index in [0.29, 0.717) is 31.6 Å². The number of pyridine rings is 1. The molecule has 27 heavy (non-hydrogen) atoms. The highest BCUT2D eigenvalue weighted by Crippen LogP contribution is 2.42. The third kappa shape index (κ3) is 3.20. The number of fused-ring (bicyclic) bond motifs is 3. The Hall–Kier alpha value is -2.77. The van der Waals surface area contributed by atoms with E-state index in [1.807, 2.05) is 11.0 Å². The molecular formula is C19H18F3N3O2. The van der Waals surface area contributed by atoms with Gasteiger partial charge in [0.1, 0.15) is 0 Å². The molecule has 142 valence electrons. The van der Waals surface area contributed by atoms with Crippen molar-refractivity contribution in [1.29, 1.82) is 0 Å². The van der Waals surface area contributed by atoms with E-state index in [-0.39, 0.29) is 6.04 Å². The first kappa shape index (κ1) is 17.6. The number of anilines is 3. The maximum atomic E-state index is 12.9. The summed E-state index contributed by atoms with van der Waals surface area (Å²) in [4.78, 5) is 19.9. The predicted molar refractivity (Wildman–Crippen MR) is 94.2 cm³/mol. The number of carboxylic acids is 1. The number of halogens is 3. The highest BCUT2D eigenvalue weighted by molar-refractivity contribution is 5.78. The number of alkyl halides is 3. The van der Waals surface area contributed by atoms with Gasteiger partial charge >= 0.3 is 12.1 Å². The van der Waals surface area contributed by atoms with E-state index in [0.717, 1.165) is 23.6 Å². The molecule has 3 heterocycles. The zero-order valence-electron chi connectivity index (χ0n) is 14.4. The van der Waals surface area contributed by atoms with Crippen molar-refractivity contribution in [3.63, 3.8) is 0 Å². The molecule has 1 aromatic heterocycles. The molecule has 1 N–H and O–H groups in total. The number of rotatable bonds is 2. The molecule has 1 saturated heterocycles. The molecular weight excluding hydrogens is 359 g/mol. The van der Waals surface area contributed by atoms with Crippen molar-refractivity contribution in [2.75, 3.05) is 22.9 Å². The highest BCUT2D eigenvalue weighted by atomic mass is 19.4. The normalized spacial score (nSPS) is 22.2. The van der Waals surface area contributed by atoms with E-state index in [9.17, 15) is 23.1 Å². The number of piperidine rings is 1. The van der Waals surface area contributed by atoms with Crippen LogP contribution < -0.4 is 9.80 Å². The lowest BCUT2D eigenvalue weighted by atomic mass is 9.89. The fourth-order valence-electron chi connectivity index (χ4n) is 3.93. The van der Waals surface area contributed by atoms with Gasteiger partial charge < -0.3 is 14.9 Å². The van der Waals surface area contributed by atoms with Gasteiger partial charge in [0.25, 0.3) is 0 Å². The maximum absolute atomic E-state index is 12.9. The number of benzene rings is 1. The standard InChI is InChI=1S/C19H18F3N3O2/c20-19(21,22)13-3-5-14(6-4-13)25-11-15-10-12(18(26)27)7-9-24(15)17-16(25)2-1-8-23-17/h1-6,8,12,15H,7,9-11H2,(H,26,27)/t12-,15-/m1/s1. The largest absolute Gasteiger partial charge is 0.481 e. The quantitative estimate of drug-likeness (QED) is 0.860. The zero-order valence-corrected chi connectivity index (χ0v) is 14.4. The van der Waals surface area contributed by atoms with E-state index in [2.05, 4.69) is 9.88 Å². The molecule has 1 aromatic carbocycles. The molecule has 2 aliphatic heterocycles. The van der Waals surface area contributed by atoms with Crippen LogP contribution in [0.15, 0.2) is 42.6 Å². The number of hydrogen-bond acceptors (Lipinski definition) is 4. The van der Waals surface area contributed by atoms with Crippen molar-refractivity contribution < 1.29 is 23.1 Å². The van der Waals surface area contributed by atoms with Crippen molar-refractivity contribution in [2.24, 2.45) is 5.92 Å². The lowest BCUT2D eigenvalue weighted by Gasteiger charge is -2.47. The molecule has 8 heteroatoms. The van der Waals surface area contributed by atoms with Crippen molar-refractivity contribution in [3.05, 3.63) is 48.2 Å². The summed E-state index contributed by atoms with van der Waals surface area (Å²) in [5.74, 6) is -0.467. The minimum atomic E-state index is -4.38. The van der Waals surface area contributed by atoms with Crippen LogP contribution in [0.5, 0.6) is 0 Å². The molecule has 0 unspecified atom stereocenters. The second kappa shape index (κ2) is 6.44. The molecule has 2 aromatic rings. The summed E-state index contributed by atoms with van der Waals surface area (Å²) in [6.07, 6.45) is -1.66. The highest BCUT2D eigenvalue weighted by Gasteiger charge is 2.39. The Balaban J connectivity index is 1.69. The maximum Gasteiger partial charge on any atom is 0.416 e. The van der Waals surface area contributed by atoms with Crippen LogP contribution in [0.3, 0.4) is 0 Å². The van der Waals surface area contributed by atoms with E-state index < -0.39 is 23.6 Å². The van der Waals surface area contributed by atoms with Crippen molar-refractivity contribution in [3.8, 4) is 0 Å². The lowest BCUT2D eigenvalue weighted by Crippen LogP contribution is -2.53. The minimum Gasteiger partial charge on any atom is -0.481 e. The number of aliphatic carboxylic acids is 1. The minimum absolute atomic E-state index is 0.0513. The van der Waals surface area contributed by atoms with Crippen LogP contribution in [-0.2, 0) is 11.0 Å². The number of aromatic nitrogens is 1. The Bertz CT molecular complexity index is 854. The van der Waals surface area contributed by atoms with Crippen LogP contribution in [0.1, 0.15) is 18.4 Å². The summed E-state index contributed by atoms with van der Waals surface area (Å²) < 4.78 is 38.6. The number of nitrogens with zero attached hydrogens (tertiary/aromatic N) is 3. The summed E-state index contributed by atoms with van der Waals surface area (Å²) in [7, 11) is 0. The van der Waals surface area contributed by atoms with Gasteiger partial charge in [0.2, 0.25) is 0 Å². The molecule has 1 fully saturated rings. The molecule has 0 bridgehead atoms. The third-order valence-electron chi connectivity index (χ3n) is 5.29. The summed E-state index contributed by atoms with van der Waals surface area (Å²) in [5, 5.41) is 9.36. The van der Waals surface area contributed by atoms with E-state index in [1.54, 1.807) is 12.3 Å². The topological polar surface area (TPSA) is 56.7 Å². The third-order valence-corrected chi connectivity index (χ3v) is 5.29. The van der Waals surface area contributed by atoms with E-state index in [4.69, 9.17) is 0 Å². The zero-order chi connectivity index (χ0) is 19.2. The monoisotopic (exact) mass is 377 g/mol. The van der Waals surface area contributed by atoms with E-state index in [1.165, 1.54) is 12.1 Å². The van der Waals surface area contributed by atoms with Gasteiger partial charge in [0.15, 0.2) is 5.82 Å². The van der Waals surface area contributed by atoms with Gasteiger partial charge in [-0.3, -0.25) is 4.79 Å². The molecule has 2 atom stereocenters. The fourth-order valence-corrected chi connectivity index (χ4v) is 3.93. The summed E-state index contributed by atoms with van der Waals surface area (Å²) in [6, 6.07) is 8.67. The van der Waals surface area contributed by atoms with Crippen molar-refractivity contribution >= 4 is 23.2 Å². The van der Waals surface area contributed by atoms with Gasteiger partial charge in [-0.25, -0.2) is 4.98 Å². The Labute approximate surface area is 154 Å². The molecule has 2 aliphatic rings. The van der Waals surface area contributed by atoms with E-state index >= 15 is 0 Å². The SMILES string of the molecule is O=C(O)[C@@H]1CCN2c3ncccc3N(c3ccc(C(F)(F)F)cc3)C[C@H]2C1. The van der Waals surface area contributed by atoms with Gasteiger partial charge in [-0.15, -0.1) is 0 Å². The van der Waals surface area contributed by atoms with Crippen LogP contribution in [0, 0.1) is 5.92 Å². The first-order chi connectivity index (χ1) is 12.8. The Morgan fingerprint density at radius 3 is 2.59 bits per heavy atom. The fraction of sp³-hybridized carbons (Fsp3) is 0.368. The van der Waals surface area contributed by atoms with Crippen LogP contribution in [-0.4, -0.2) is 35.2 Å². The van der Waals surface area contributed by atoms with Crippen molar-refractivity contribution in [2.45, 2.75) is 25.1 Å². The number of carboxylic acid groups (broad SMARTS) is 1. The van der Waals surface area contributed by atoms with Gasteiger partial charge in [0, 0.05) is 31.0 Å². The molecule has 0 saturated carbocycles. The van der Waals surface area contributed by atoms with Gasteiger partial charge in [-0.2, -0.15) is 13.2 Å². The lowest BCUT2D eigenvalue weighted by molar-refractivity contribution is -0.142. The van der Waals surface area contributed by atoms with Gasteiger partial charge in [-0.1, -0.05) is 0 Å². The summed E-state index contributed by atoms with van der Waals surface area (Å²) >= 11 is 0. The average molecular weight is 377 g/mol. The first-order valence-corrected chi connectivity index (χ1v) is 8.74. The van der Waals surface area contributed by atoms with Crippen molar-refractivity contribution in [1.82, 2.24) is 4.98 Å². The first-order valence-electron chi connectivity index (χ1n) is 8.74. The molecule has 0 spiro atoms. The molecule has 0 radical (unpaired) electrons. The van der Waals surface area contributed by atoms with Crippen LogP contribution >= 0.6 is 0 Å². The van der Waals surface area contributed by atoms with Crippen LogP contribution in [0.25, 0.3) is 0 Å². The van der Waals surface area contributed by atoms with Crippen LogP contribution in [0.4, 0.5) is 30.4 Å². The molecule has 0 amide bonds. The van der Waals surface area contributed by atoms with Gasteiger partial charge in [-0.05, 0) is 49.2 Å². The average Bonchev–Trinajstić information content (AvgIpc) is 2.66. The molecule has 0 aliphatic carbocycles. The molecule has 4 rings (SSSR count). The van der Waals surface area contributed by atoms with Crippen LogP contribution in [0.2, 0.25) is 0 Å². The Morgan fingerprint density at radius 2 is 1.93 bits per heavy atom. The number of hydrogen-bond donors (Lipinski definition) is 1. The second-order valence-corrected chi connectivity index (χ2v) is 6.91. The number of carbonyl (C=O) groups is 1. The second-order valence-electron chi connectivity index (χ2n) is 6.91. The summed E-state index contributed by atoms with van der Waals surface area (Å²) in [6.45, 7) is 1.11.